The molecular formula is C41H42N4O9S. The molecule has 0 bridgehead atoms. The highest BCUT2D eigenvalue weighted by Gasteiger charge is 2.25. The molecule has 1 heterocycles. The van der Waals surface area contributed by atoms with Crippen LogP contribution in [0.1, 0.15) is 48.7 Å². The molecule has 5 aromatic rings. The predicted molar refractivity (Wildman–Crippen MR) is 207 cm³/mol. The Kier molecular flexibility index (Phi) is 13.1. The number of benzene rings is 4. The Morgan fingerprint density at radius 2 is 1.49 bits per heavy atom. The number of carbonyl (C=O) groups is 3. The van der Waals surface area contributed by atoms with Crippen molar-refractivity contribution >= 4 is 39.3 Å². The van der Waals surface area contributed by atoms with Crippen LogP contribution in [0.5, 0.6) is 23.0 Å². The molecule has 0 radical (unpaired) electrons. The zero-order valence-electron chi connectivity index (χ0n) is 30.8. The van der Waals surface area contributed by atoms with Gasteiger partial charge in [-0.05, 0) is 65.1 Å². The van der Waals surface area contributed by atoms with Gasteiger partial charge in [0.1, 0.15) is 19.0 Å². The fourth-order valence-electron chi connectivity index (χ4n) is 5.11. The summed E-state index contributed by atoms with van der Waals surface area (Å²) in [5.74, 6) is -1.17. The Balaban J connectivity index is 1.48. The number of hydrogen-bond donors (Lipinski definition) is 3. The molecular weight excluding hydrogens is 725 g/mol. The SMILES string of the molecule is COc1ccccc1Oc1c(NS(=O)(=O)c2ccc(C(C)(C)C)cc2)cc(C(=O)NCC(=O)OCc2ccccc2)cc1OCCC(=O)Nc1ccccn1. The van der Waals surface area contributed by atoms with Crippen molar-refractivity contribution in [3.05, 3.63) is 132 Å². The second-order valence-electron chi connectivity index (χ2n) is 13.2. The monoisotopic (exact) mass is 766 g/mol. The number of para-hydroxylation sites is 2. The zero-order chi connectivity index (χ0) is 39.4. The molecule has 5 rings (SSSR count). The highest BCUT2D eigenvalue weighted by Crippen LogP contribution is 2.43. The van der Waals surface area contributed by atoms with Crippen molar-refractivity contribution in [3.63, 3.8) is 0 Å². The van der Waals surface area contributed by atoms with Crippen molar-refractivity contribution in [3.8, 4) is 23.0 Å². The number of esters is 1. The van der Waals surface area contributed by atoms with Crippen molar-refractivity contribution in [1.29, 1.82) is 0 Å². The van der Waals surface area contributed by atoms with Crippen LogP contribution in [0, 0.1) is 0 Å². The van der Waals surface area contributed by atoms with E-state index in [1.54, 1.807) is 66.7 Å². The third kappa shape index (κ3) is 11.3. The largest absolute Gasteiger partial charge is 0.493 e. The normalized spacial score (nSPS) is 11.2. The van der Waals surface area contributed by atoms with Gasteiger partial charge < -0.3 is 29.6 Å². The van der Waals surface area contributed by atoms with Crippen molar-refractivity contribution < 1.29 is 41.7 Å². The number of nitrogens with one attached hydrogen (secondary N) is 3. The molecule has 0 saturated carbocycles. The van der Waals surface area contributed by atoms with E-state index in [9.17, 15) is 22.8 Å². The minimum absolute atomic E-state index is 0.0130. The summed E-state index contributed by atoms with van der Waals surface area (Å²) >= 11 is 0. The fourth-order valence-corrected chi connectivity index (χ4v) is 6.17. The van der Waals surface area contributed by atoms with Gasteiger partial charge in [-0.1, -0.05) is 81.4 Å². The number of aromatic nitrogens is 1. The maximum atomic E-state index is 13.9. The molecule has 0 aliphatic rings. The van der Waals surface area contributed by atoms with Crippen LogP contribution in [0.2, 0.25) is 0 Å². The lowest BCUT2D eigenvalue weighted by molar-refractivity contribution is -0.143. The molecule has 286 valence electrons. The number of methoxy groups -OCH3 is 1. The van der Waals surface area contributed by atoms with Crippen LogP contribution >= 0.6 is 0 Å². The van der Waals surface area contributed by atoms with E-state index < -0.39 is 34.4 Å². The van der Waals surface area contributed by atoms with Gasteiger partial charge in [-0.25, -0.2) is 13.4 Å². The smallest absolute Gasteiger partial charge is 0.325 e. The molecule has 0 unspecified atom stereocenters. The van der Waals surface area contributed by atoms with E-state index >= 15 is 0 Å². The van der Waals surface area contributed by atoms with Gasteiger partial charge in [-0.15, -0.1) is 0 Å². The third-order valence-electron chi connectivity index (χ3n) is 8.03. The average Bonchev–Trinajstić information content (AvgIpc) is 3.17. The summed E-state index contributed by atoms with van der Waals surface area (Å²) in [6, 6.07) is 29.8. The van der Waals surface area contributed by atoms with E-state index in [1.165, 1.54) is 37.6 Å². The number of carbonyl (C=O) groups excluding carboxylic acids is 3. The van der Waals surface area contributed by atoms with Crippen LogP contribution in [-0.2, 0) is 36.4 Å². The highest BCUT2D eigenvalue weighted by atomic mass is 32.2. The fraction of sp³-hybridized carbons (Fsp3) is 0.220. The molecule has 0 spiro atoms. The Morgan fingerprint density at radius 1 is 0.800 bits per heavy atom. The van der Waals surface area contributed by atoms with Gasteiger partial charge in [0.05, 0.1) is 30.7 Å². The topological polar surface area (TPSA) is 171 Å². The zero-order valence-corrected chi connectivity index (χ0v) is 31.6. The van der Waals surface area contributed by atoms with Gasteiger partial charge in [0.15, 0.2) is 23.0 Å². The molecule has 4 aromatic carbocycles. The van der Waals surface area contributed by atoms with Crippen LogP contribution in [0.15, 0.2) is 120 Å². The first-order valence-corrected chi connectivity index (χ1v) is 18.7. The molecule has 0 aliphatic heterocycles. The summed E-state index contributed by atoms with van der Waals surface area (Å²) in [5.41, 5.74) is 1.22. The molecule has 14 heteroatoms. The van der Waals surface area contributed by atoms with Crippen molar-refractivity contribution in [2.24, 2.45) is 0 Å². The summed E-state index contributed by atoms with van der Waals surface area (Å²) in [6.07, 6.45) is 1.39. The molecule has 0 saturated heterocycles. The molecule has 3 N–H and O–H groups in total. The van der Waals surface area contributed by atoms with E-state index in [0.717, 1.165) is 11.1 Å². The molecule has 0 aliphatic carbocycles. The Bertz CT molecular complexity index is 2210. The van der Waals surface area contributed by atoms with Crippen LogP contribution < -0.4 is 29.6 Å². The summed E-state index contributed by atoms with van der Waals surface area (Å²) in [7, 11) is -2.84. The first-order chi connectivity index (χ1) is 26.3. The second-order valence-corrected chi connectivity index (χ2v) is 14.9. The standard InChI is InChI=1S/C41H42N4O9S/c1-41(2,3)30-17-19-31(20-18-30)55(49,50)45-32-24-29(40(48)43-26-38(47)53-27-28-12-6-5-7-13-28)25-35(39(32)54-34-15-9-8-14-33(34)51-4)52-23-21-37(46)44-36-16-10-11-22-42-36/h5-20,22,24-25,45H,21,23,26-27H2,1-4H3,(H,43,48)(H,42,44,46). The first kappa shape index (κ1) is 39.8. The number of amides is 2. The third-order valence-corrected chi connectivity index (χ3v) is 9.41. The Labute approximate surface area is 320 Å². The maximum absolute atomic E-state index is 13.9. The van der Waals surface area contributed by atoms with E-state index in [-0.39, 0.29) is 58.4 Å². The van der Waals surface area contributed by atoms with E-state index in [2.05, 4.69) is 20.3 Å². The summed E-state index contributed by atoms with van der Waals surface area (Å²) in [6.45, 7) is 5.37. The maximum Gasteiger partial charge on any atom is 0.325 e. The predicted octanol–water partition coefficient (Wildman–Crippen LogP) is 6.86. The molecule has 2 amide bonds. The lowest BCUT2D eigenvalue weighted by atomic mass is 9.87. The number of anilines is 2. The number of pyridine rings is 1. The van der Waals surface area contributed by atoms with Gasteiger partial charge in [0.25, 0.3) is 15.9 Å². The summed E-state index contributed by atoms with van der Waals surface area (Å²) in [5, 5.41) is 5.19. The highest BCUT2D eigenvalue weighted by molar-refractivity contribution is 7.92. The lowest BCUT2D eigenvalue weighted by Crippen LogP contribution is -2.30. The number of nitrogens with zero attached hydrogens (tertiary/aromatic N) is 1. The second kappa shape index (κ2) is 18.1. The number of hydrogen-bond acceptors (Lipinski definition) is 10. The molecule has 1 aromatic heterocycles. The number of rotatable bonds is 16. The van der Waals surface area contributed by atoms with E-state index in [0.29, 0.717) is 11.6 Å². The summed E-state index contributed by atoms with van der Waals surface area (Å²) < 4.78 is 53.5. The van der Waals surface area contributed by atoms with Crippen molar-refractivity contribution in [1.82, 2.24) is 10.3 Å². The Hall–Kier alpha value is -6.41. The van der Waals surface area contributed by atoms with Gasteiger partial charge in [-0.2, -0.15) is 0 Å². The van der Waals surface area contributed by atoms with Crippen LogP contribution in [0.4, 0.5) is 11.5 Å². The minimum atomic E-state index is -4.29. The number of sulfonamides is 1. The minimum Gasteiger partial charge on any atom is -0.493 e. The van der Waals surface area contributed by atoms with E-state index in [4.69, 9.17) is 18.9 Å². The van der Waals surface area contributed by atoms with Crippen molar-refractivity contribution in [2.75, 3.05) is 30.3 Å². The van der Waals surface area contributed by atoms with Crippen LogP contribution in [-0.4, -0.2) is 51.4 Å². The van der Waals surface area contributed by atoms with Crippen LogP contribution in [0.3, 0.4) is 0 Å². The first-order valence-electron chi connectivity index (χ1n) is 17.3. The molecule has 13 nitrogen and oxygen atoms in total. The van der Waals surface area contributed by atoms with E-state index in [1.807, 2.05) is 39.0 Å². The van der Waals surface area contributed by atoms with Gasteiger partial charge in [-0.3, -0.25) is 19.1 Å². The molecule has 55 heavy (non-hydrogen) atoms. The number of ether oxygens (including phenoxy) is 4. The molecule has 0 atom stereocenters. The lowest BCUT2D eigenvalue weighted by Gasteiger charge is -2.21. The average molecular weight is 767 g/mol. The quantitative estimate of drug-likeness (QED) is 0.0902. The Morgan fingerprint density at radius 3 is 2.16 bits per heavy atom. The van der Waals surface area contributed by atoms with Crippen molar-refractivity contribution in [2.45, 2.75) is 44.1 Å². The van der Waals surface area contributed by atoms with Gasteiger partial charge in [0, 0.05) is 11.8 Å². The summed E-state index contributed by atoms with van der Waals surface area (Å²) in [4.78, 5) is 42.9. The van der Waals surface area contributed by atoms with Gasteiger partial charge >= 0.3 is 5.97 Å². The van der Waals surface area contributed by atoms with Crippen LogP contribution in [0.25, 0.3) is 0 Å². The van der Waals surface area contributed by atoms with Gasteiger partial charge in [0.2, 0.25) is 5.91 Å². The molecule has 0 fully saturated rings.